The summed E-state index contributed by atoms with van der Waals surface area (Å²) in [6.07, 6.45) is 1.21. The Kier molecular flexibility index (Phi) is 9.91. The van der Waals surface area contributed by atoms with Crippen LogP contribution in [-0.4, -0.2) is 37.4 Å². The highest BCUT2D eigenvalue weighted by Crippen LogP contribution is 2.24. The molecule has 1 heterocycles. The van der Waals surface area contributed by atoms with Crippen LogP contribution >= 0.6 is 11.6 Å². The van der Waals surface area contributed by atoms with Crippen molar-refractivity contribution in [2.45, 2.75) is 24.9 Å². The number of halogens is 1. The molecule has 0 atom stereocenters. The van der Waals surface area contributed by atoms with Gasteiger partial charge in [0.2, 0.25) is 10.0 Å². The number of anilines is 1. The maximum Gasteiger partial charge on any atom is 0.329 e. The zero-order chi connectivity index (χ0) is 29.2. The van der Waals surface area contributed by atoms with Crippen LogP contribution < -0.4 is 15.5 Å². The van der Waals surface area contributed by atoms with E-state index < -0.39 is 21.8 Å². The molecule has 3 aromatic carbocycles. The maximum absolute atomic E-state index is 13.5. The van der Waals surface area contributed by atoms with Gasteiger partial charge in [0.1, 0.15) is 17.3 Å². The molecule has 0 radical (unpaired) electrons. The molecule has 0 aliphatic heterocycles. The fourth-order valence-electron chi connectivity index (χ4n) is 3.72. The smallest absolute Gasteiger partial charge is 0.329 e. The molecule has 2 amide bonds. The van der Waals surface area contributed by atoms with E-state index in [1.54, 1.807) is 85.8 Å². The molecule has 0 bridgehead atoms. The second kappa shape index (κ2) is 13.8. The summed E-state index contributed by atoms with van der Waals surface area (Å²) >= 11 is 5.99. The topological polar surface area (TPSA) is 130 Å². The van der Waals surface area contributed by atoms with Crippen LogP contribution in [0.2, 0.25) is 5.02 Å². The lowest BCUT2D eigenvalue weighted by Gasteiger charge is -2.21. The molecule has 4 aromatic rings. The molecule has 212 valence electrons. The van der Waals surface area contributed by atoms with E-state index in [9.17, 15) is 18.0 Å². The highest BCUT2D eigenvalue weighted by Gasteiger charge is 2.26. The number of sulfonamides is 1. The van der Waals surface area contributed by atoms with Crippen LogP contribution in [0.25, 0.3) is 0 Å². The average molecular weight is 595 g/mol. The van der Waals surface area contributed by atoms with Gasteiger partial charge in [0.15, 0.2) is 0 Å². The van der Waals surface area contributed by atoms with Gasteiger partial charge in [-0.05, 0) is 61.0 Å². The highest BCUT2D eigenvalue weighted by molar-refractivity contribution is 7.89. The SMILES string of the molecule is CCOc1ccccc1NC(=O)C(=O)N/N=C/c1ccc(CN(Cc2ccc(Cl)cc2)S(=O)(=O)c2ccccc2)o1. The molecule has 1 aromatic heterocycles. The predicted octanol–water partition coefficient (Wildman–Crippen LogP) is 4.81. The summed E-state index contributed by atoms with van der Waals surface area (Å²) in [4.78, 5) is 24.6. The largest absolute Gasteiger partial charge is 0.492 e. The molecule has 0 saturated heterocycles. The van der Waals surface area contributed by atoms with Gasteiger partial charge in [0.25, 0.3) is 0 Å². The van der Waals surface area contributed by atoms with Crippen molar-refractivity contribution in [1.82, 2.24) is 9.73 Å². The molecule has 0 aliphatic rings. The van der Waals surface area contributed by atoms with Gasteiger partial charge >= 0.3 is 11.8 Å². The molecule has 0 aliphatic carbocycles. The minimum Gasteiger partial charge on any atom is -0.492 e. The van der Waals surface area contributed by atoms with Crippen molar-refractivity contribution in [3.05, 3.63) is 113 Å². The second-order valence-corrected chi connectivity index (χ2v) is 11.0. The van der Waals surface area contributed by atoms with E-state index in [0.717, 1.165) is 5.56 Å². The van der Waals surface area contributed by atoms with E-state index in [0.29, 0.717) is 28.8 Å². The Balaban J connectivity index is 1.42. The Morgan fingerprint density at radius 3 is 2.37 bits per heavy atom. The third-order valence-electron chi connectivity index (χ3n) is 5.67. The van der Waals surface area contributed by atoms with Gasteiger partial charge in [-0.3, -0.25) is 9.59 Å². The van der Waals surface area contributed by atoms with Crippen molar-refractivity contribution in [1.29, 1.82) is 0 Å². The van der Waals surface area contributed by atoms with Crippen LogP contribution in [0.4, 0.5) is 5.69 Å². The minimum absolute atomic E-state index is 0.0678. The maximum atomic E-state index is 13.5. The Bertz CT molecular complexity index is 1620. The van der Waals surface area contributed by atoms with Gasteiger partial charge in [0.05, 0.1) is 29.9 Å². The van der Waals surface area contributed by atoms with Gasteiger partial charge in [0, 0.05) is 11.6 Å². The average Bonchev–Trinajstić information content (AvgIpc) is 3.42. The number of benzene rings is 3. The molecule has 0 spiro atoms. The van der Waals surface area contributed by atoms with Crippen LogP contribution in [0.15, 0.2) is 105 Å². The van der Waals surface area contributed by atoms with Crippen molar-refractivity contribution in [2.24, 2.45) is 5.10 Å². The summed E-state index contributed by atoms with van der Waals surface area (Å²) in [6.45, 7) is 2.21. The Labute approximate surface area is 242 Å². The van der Waals surface area contributed by atoms with Crippen molar-refractivity contribution in [3.8, 4) is 5.75 Å². The highest BCUT2D eigenvalue weighted by atomic mass is 35.5. The van der Waals surface area contributed by atoms with Crippen LogP contribution in [-0.2, 0) is 32.7 Å². The van der Waals surface area contributed by atoms with E-state index in [1.807, 2.05) is 0 Å². The first-order valence-electron chi connectivity index (χ1n) is 12.5. The fourth-order valence-corrected chi connectivity index (χ4v) is 5.26. The number of ether oxygens (including phenoxy) is 1. The lowest BCUT2D eigenvalue weighted by atomic mass is 10.2. The van der Waals surface area contributed by atoms with Crippen molar-refractivity contribution in [3.63, 3.8) is 0 Å². The Morgan fingerprint density at radius 2 is 1.63 bits per heavy atom. The number of hydrazone groups is 1. The summed E-state index contributed by atoms with van der Waals surface area (Å²) < 4.78 is 39.4. The number of carbonyl (C=O) groups is 2. The van der Waals surface area contributed by atoms with Crippen molar-refractivity contribution in [2.75, 3.05) is 11.9 Å². The number of rotatable bonds is 11. The zero-order valence-corrected chi connectivity index (χ0v) is 23.6. The van der Waals surface area contributed by atoms with E-state index in [4.69, 9.17) is 20.8 Å². The van der Waals surface area contributed by atoms with Crippen LogP contribution in [0.3, 0.4) is 0 Å². The van der Waals surface area contributed by atoms with Crippen LogP contribution in [0.1, 0.15) is 24.0 Å². The number of hydrogen-bond donors (Lipinski definition) is 2. The molecule has 12 heteroatoms. The molecule has 0 unspecified atom stereocenters. The number of carbonyl (C=O) groups excluding carboxylic acids is 2. The Hall–Kier alpha value is -4.45. The first kappa shape index (κ1) is 29.5. The number of amides is 2. The number of hydrogen-bond acceptors (Lipinski definition) is 7. The Morgan fingerprint density at radius 1 is 0.927 bits per heavy atom. The van der Waals surface area contributed by atoms with E-state index in [-0.39, 0.29) is 23.7 Å². The van der Waals surface area contributed by atoms with Gasteiger partial charge < -0.3 is 14.5 Å². The number of furan rings is 1. The standard InChI is InChI=1S/C29H27ClN4O6S/c1-2-39-27-11-7-6-10-26(27)32-28(35)29(36)33-31-18-23-16-17-24(40-23)20-34(19-21-12-14-22(30)15-13-21)41(37,38)25-8-4-3-5-9-25/h3-18H,2,19-20H2,1H3,(H,32,35)(H,33,36)/b31-18+. The first-order chi connectivity index (χ1) is 19.8. The predicted molar refractivity (Wildman–Crippen MR) is 155 cm³/mol. The van der Waals surface area contributed by atoms with E-state index >= 15 is 0 Å². The molecule has 10 nitrogen and oxygen atoms in total. The van der Waals surface area contributed by atoms with E-state index in [2.05, 4.69) is 15.8 Å². The third kappa shape index (κ3) is 8.04. The molecule has 41 heavy (non-hydrogen) atoms. The molecule has 2 N–H and O–H groups in total. The molecule has 0 fully saturated rings. The molecule has 0 saturated carbocycles. The third-order valence-corrected chi connectivity index (χ3v) is 7.72. The summed E-state index contributed by atoms with van der Waals surface area (Å²) in [5.41, 5.74) is 3.23. The fraction of sp³-hybridized carbons (Fsp3) is 0.138. The van der Waals surface area contributed by atoms with Gasteiger partial charge in [-0.2, -0.15) is 9.41 Å². The van der Waals surface area contributed by atoms with Gasteiger partial charge in [-0.15, -0.1) is 0 Å². The van der Waals surface area contributed by atoms with Crippen molar-refractivity contribution < 1.29 is 27.2 Å². The number of nitrogens with one attached hydrogen (secondary N) is 2. The first-order valence-corrected chi connectivity index (χ1v) is 14.3. The lowest BCUT2D eigenvalue weighted by molar-refractivity contribution is -0.136. The minimum atomic E-state index is -3.87. The summed E-state index contributed by atoms with van der Waals surface area (Å²) in [6, 6.07) is 24.9. The molecular formula is C29H27ClN4O6S. The molecular weight excluding hydrogens is 568 g/mol. The van der Waals surface area contributed by atoms with Crippen LogP contribution in [0.5, 0.6) is 5.75 Å². The zero-order valence-electron chi connectivity index (χ0n) is 22.0. The quantitative estimate of drug-likeness (QED) is 0.146. The van der Waals surface area contributed by atoms with Gasteiger partial charge in [-0.1, -0.05) is 54.1 Å². The summed E-state index contributed by atoms with van der Waals surface area (Å²) in [7, 11) is -3.87. The normalized spacial score (nSPS) is 11.5. The van der Waals surface area contributed by atoms with Crippen LogP contribution in [0, 0.1) is 0 Å². The van der Waals surface area contributed by atoms with Gasteiger partial charge in [-0.25, -0.2) is 13.8 Å². The lowest BCUT2D eigenvalue weighted by Crippen LogP contribution is -2.32. The molecule has 4 rings (SSSR count). The van der Waals surface area contributed by atoms with E-state index in [1.165, 1.54) is 22.7 Å². The number of para-hydroxylation sites is 2. The monoisotopic (exact) mass is 594 g/mol. The summed E-state index contributed by atoms with van der Waals surface area (Å²) in [5.74, 6) is -0.912. The summed E-state index contributed by atoms with van der Waals surface area (Å²) in [5, 5.41) is 6.79. The van der Waals surface area contributed by atoms with Crippen molar-refractivity contribution >= 4 is 45.3 Å². The second-order valence-electron chi connectivity index (χ2n) is 8.60. The number of nitrogens with zero attached hydrogens (tertiary/aromatic N) is 2.